The van der Waals surface area contributed by atoms with Crippen LogP contribution in [-0.4, -0.2) is 22.6 Å². The zero-order chi connectivity index (χ0) is 9.26. The summed E-state index contributed by atoms with van der Waals surface area (Å²) in [6.07, 6.45) is 2.61. The summed E-state index contributed by atoms with van der Waals surface area (Å²) in [4.78, 5) is 14.4. The molecule has 4 nitrogen and oxygen atoms in total. The van der Waals surface area contributed by atoms with Gasteiger partial charge in [0.25, 0.3) is 0 Å². The van der Waals surface area contributed by atoms with E-state index in [1.54, 1.807) is 12.3 Å². The van der Waals surface area contributed by atoms with E-state index in [1.807, 2.05) is 6.07 Å². The fourth-order valence-electron chi connectivity index (χ4n) is 1.35. The SMILES string of the molecule is O=C(O)c1cc([C@@H]2CCN2)ccn1. The minimum atomic E-state index is -0.971. The van der Waals surface area contributed by atoms with Gasteiger partial charge in [-0.3, -0.25) is 0 Å². The molecule has 1 aliphatic heterocycles. The number of pyridine rings is 1. The van der Waals surface area contributed by atoms with E-state index in [0.717, 1.165) is 18.5 Å². The average molecular weight is 178 g/mol. The predicted molar refractivity (Wildman–Crippen MR) is 46.6 cm³/mol. The van der Waals surface area contributed by atoms with Crippen LogP contribution in [0.4, 0.5) is 0 Å². The Bertz CT molecular complexity index is 334. The maximum absolute atomic E-state index is 10.6. The number of hydrogen-bond acceptors (Lipinski definition) is 3. The first-order valence-corrected chi connectivity index (χ1v) is 4.20. The predicted octanol–water partition coefficient (Wildman–Crippen LogP) is 0.814. The van der Waals surface area contributed by atoms with Gasteiger partial charge in [0, 0.05) is 12.2 Å². The van der Waals surface area contributed by atoms with Crippen molar-refractivity contribution < 1.29 is 9.90 Å². The Morgan fingerprint density at radius 3 is 3.00 bits per heavy atom. The lowest BCUT2D eigenvalue weighted by Gasteiger charge is -2.27. The molecule has 4 heteroatoms. The van der Waals surface area contributed by atoms with Crippen LogP contribution < -0.4 is 5.32 Å². The highest BCUT2D eigenvalue weighted by Gasteiger charge is 2.19. The summed E-state index contributed by atoms with van der Waals surface area (Å²) in [5.74, 6) is -0.971. The van der Waals surface area contributed by atoms with Crippen molar-refractivity contribution in [3.63, 3.8) is 0 Å². The van der Waals surface area contributed by atoms with Crippen LogP contribution in [0.15, 0.2) is 18.3 Å². The molecule has 1 saturated heterocycles. The van der Waals surface area contributed by atoms with Crippen LogP contribution in [0.25, 0.3) is 0 Å². The first kappa shape index (κ1) is 8.19. The van der Waals surface area contributed by atoms with Gasteiger partial charge in [0.2, 0.25) is 0 Å². The number of nitrogens with one attached hydrogen (secondary N) is 1. The first-order chi connectivity index (χ1) is 6.27. The Kier molecular flexibility index (Phi) is 1.98. The van der Waals surface area contributed by atoms with Crippen LogP contribution >= 0.6 is 0 Å². The van der Waals surface area contributed by atoms with E-state index < -0.39 is 5.97 Å². The van der Waals surface area contributed by atoms with Crippen LogP contribution in [0.3, 0.4) is 0 Å². The fourth-order valence-corrected chi connectivity index (χ4v) is 1.35. The molecule has 1 aromatic heterocycles. The van der Waals surface area contributed by atoms with E-state index in [0.29, 0.717) is 6.04 Å². The smallest absolute Gasteiger partial charge is 0.354 e. The minimum absolute atomic E-state index is 0.117. The Labute approximate surface area is 75.6 Å². The molecule has 0 amide bonds. The third kappa shape index (κ3) is 1.53. The van der Waals surface area contributed by atoms with Crippen molar-refractivity contribution in [1.82, 2.24) is 10.3 Å². The Hall–Kier alpha value is -1.42. The highest BCUT2D eigenvalue weighted by Crippen LogP contribution is 2.22. The Morgan fingerprint density at radius 2 is 2.46 bits per heavy atom. The van der Waals surface area contributed by atoms with Crippen molar-refractivity contribution in [2.45, 2.75) is 12.5 Å². The van der Waals surface area contributed by atoms with Crippen LogP contribution in [0, 0.1) is 0 Å². The van der Waals surface area contributed by atoms with Gasteiger partial charge in [-0.05, 0) is 30.7 Å². The van der Waals surface area contributed by atoms with Gasteiger partial charge < -0.3 is 10.4 Å². The van der Waals surface area contributed by atoms with Crippen molar-refractivity contribution in [2.24, 2.45) is 0 Å². The van der Waals surface area contributed by atoms with E-state index in [4.69, 9.17) is 5.11 Å². The van der Waals surface area contributed by atoms with Gasteiger partial charge in [-0.2, -0.15) is 0 Å². The highest BCUT2D eigenvalue weighted by atomic mass is 16.4. The molecule has 0 spiro atoms. The standard InChI is InChI=1S/C9H10N2O2/c12-9(13)8-5-6(1-3-11-8)7-2-4-10-7/h1,3,5,7,10H,2,4H2,(H,12,13)/t7-/m0/s1. The van der Waals surface area contributed by atoms with Crippen molar-refractivity contribution in [3.05, 3.63) is 29.6 Å². The molecule has 1 aromatic rings. The van der Waals surface area contributed by atoms with E-state index in [2.05, 4.69) is 10.3 Å². The number of carboxylic acid groups (broad SMARTS) is 1. The van der Waals surface area contributed by atoms with Crippen molar-refractivity contribution in [1.29, 1.82) is 0 Å². The van der Waals surface area contributed by atoms with Gasteiger partial charge in [-0.1, -0.05) is 0 Å². The molecule has 2 rings (SSSR count). The van der Waals surface area contributed by atoms with Crippen molar-refractivity contribution in [2.75, 3.05) is 6.54 Å². The molecule has 0 saturated carbocycles. The lowest BCUT2D eigenvalue weighted by molar-refractivity contribution is 0.0690. The summed E-state index contributed by atoms with van der Waals surface area (Å²) >= 11 is 0. The molecule has 0 unspecified atom stereocenters. The van der Waals surface area contributed by atoms with Gasteiger partial charge in [0.15, 0.2) is 0 Å². The zero-order valence-corrected chi connectivity index (χ0v) is 7.03. The molecule has 0 aromatic carbocycles. The van der Waals surface area contributed by atoms with E-state index in [1.165, 1.54) is 0 Å². The summed E-state index contributed by atoms with van der Waals surface area (Å²) in [6.45, 7) is 1.01. The zero-order valence-electron chi connectivity index (χ0n) is 7.03. The third-order valence-electron chi connectivity index (χ3n) is 2.23. The number of nitrogens with zero attached hydrogens (tertiary/aromatic N) is 1. The van der Waals surface area contributed by atoms with Gasteiger partial charge in [-0.15, -0.1) is 0 Å². The molecule has 0 radical (unpaired) electrons. The number of aromatic nitrogens is 1. The lowest BCUT2D eigenvalue weighted by Crippen LogP contribution is -2.35. The molecule has 1 fully saturated rings. The number of carboxylic acids is 1. The van der Waals surface area contributed by atoms with Gasteiger partial charge in [-0.25, -0.2) is 9.78 Å². The Balaban J connectivity index is 2.26. The van der Waals surface area contributed by atoms with Crippen LogP contribution in [0.1, 0.15) is 28.5 Å². The summed E-state index contributed by atoms with van der Waals surface area (Å²) in [5, 5.41) is 11.9. The van der Waals surface area contributed by atoms with Crippen molar-refractivity contribution >= 4 is 5.97 Å². The van der Waals surface area contributed by atoms with Gasteiger partial charge in [0.05, 0.1) is 0 Å². The molecule has 13 heavy (non-hydrogen) atoms. The van der Waals surface area contributed by atoms with E-state index in [9.17, 15) is 4.79 Å². The van der Waals surface area contributed by atoms with Crippen LogP contribution in [0.5, 0.6) is 0 Å². The van der Waals surface area contributed by atoms with Gasteiger partial charge in [0.1, 0.15) is 5.69 Å². The summed E-state index contributed by atoms with van der Waals surface area (Å²) in [7, 11) is 0. The summed E-state index contributed by atoms with van der Waals surface area (Å²) in [5.41, 5.74) is 1.13. The van der Waals surface area contributed by atoms with Crippen LogP contribution in [0.2, 0.25) is 0 Å². The maximum Gasteiger partial charge on any atom is 0.354 e. The molecular formula is C9H10N2O2. The second-order valence-electron chi connectivity index (χ2n) is 3.07. The molecular weight excluding hydrogens is 168 g/mol. The molecule has 0 bridgehead atoms. The lowest BCUT2D eigenvalue weighted by atomic mass is 9.98. The van der Waals surface area contributed by atoms with E-state index >= 15 is 0 Å². The molecule has 2 N–H and O–H groups in total. The number of hydrogen-bond donors (Lipinski definition) is 2. The molecule has 1 atom stereocenters. The molecule has 2 heterocycles. The minimum Gasteiger partial charge on any atom is -0.477 e. The third-order valence-corrected chi connectivity index (χ3v) is 2.23. The highest BCUT2D eigenvalue weighted by molar-refractivity contribution is 5.85. The summed E-state index contributed by atoms with van der Waals surface area (Å²) in [6, 6.07) is 3.80. The Morgan fingerprint density at radius 1 is 1.69 bits per heavy atom. The van der Waals surface area contributed by atoms with E-state index in [-0.39, 0.29) is 5.69 Å². The normalized spacial score (nSPS) is 20.8. The number of rotatable bonds is 2. The van der Waals surface area contributed by atoms with Gasteiger partial charge >= 0.3 is 5.97 Å². The second kappa shape index (κ2) is 3.14. The molecule has 1 aliphatic rings. The van der Waals surface area contributed by atoms with Crippen LogP contribution in [-0.2, 0) is 0 Å². The number of aromatic carboxylic acids is 1. The number of carbonyl (C=O) groups is 1. The maximum atomic E-state index is 10.6. The first-order valence-electron chi connectivity index (χ1n) is 4.20. The second-order valence-corrected chi connectivity index (χ2v) is 3.07. The summed E-state index contributed by atoms with van der Waals surface area (Å²) < 4.78 is 0. The topological polar surface area (TPSA) is 62.2 Å². The monoisotopic (exact) mass is 178 g/mol. The molecule has 68 valence electrons. The fraction of sp³-hybridized carbons (Fsp3) is 0.333. The molecule has 0 aliphatic carbocycles. The quantitative estimate of drug-likeness (QED) is 0.703. The largest absolute Gasteiger partial charge is 0.477 e. The average Bonchev–Trinajstić information content (AvgIpc) is 2.01. The van der Waals surface area contributed by atoms with Crippen molar-refractivity contribution in [3.8, 4) is 0 Å².